The van der Waals surface area contributed by atoms with Crippen LogP contribution in [0.5, 0.6) is 23.0 Å². The van der Waals surface area contributed by atoms with Crippen LogP contribution >= 0.6 is 11.6 Å². The van der Waals surface area contributed by atoms with Crippen molar-refractivity contribution in [3.05, 3.63) is 193 Å². The first-order valence-corrected chi connectivity index (χ1v) is 25.2. The van der Waals surface area contributed by atoms with Crippen molar-refractivity contribution in [1.82, 2.24) is 0 Å². The lowest BCUT2D eigenvalue weighted by atomic mass is 9.85. The molecule has 0 unspecified atom stereocenters. The van der Waals surface area contributed by atoms with E-state index in [9.17, 15) is 15.3 Å². The maximum atomic E-state index is 9.60. The Labute approximate surface area is 485 Å². The van der Waals surface area contributed by atoms with E-state index in [1.165, 1.54) is 27.8 Å². The first kappa shape index (κ1) is 83.4. The minimum absolute atomic E-state index is 0. The minimum Gasteiger partial charge on any atom is -0.508 e. The molecule has 0 bridgehead atoms. The molecule has 0 radical (unpaired) electrons. The molecule has 0 fully saturated rings. The number of methoxy groups -OCH3 is 1. The Morgan fingerprint density at radius 1 is 0.410 bits per heavy atom. The Morgan fingerprint density at radius 3 is 1.04 bits per heavy atom. The third-order valence-electron chi connectivity index (χ3n) is 11.7. The third kappa shape index (κ3) is 30.9. The number of hydrogen-bond acceptors (Lipinski definition) is 5. The highest BCUT2D eigenvalue weighted by Crippen LogP contribution is 2.31. The maximum Gasteiger partial charge on any atom is 0.121 e. The molecule has 0 aliphatic rings. The SMILES string of the molecule is C.C.C.C.C.C.CC(C)(C)c1ccc(Cl)cc1.CC(C)(C)c1ccc(N=[N+]=[N-])cc1.CC(C)(C)c1cccc(O)c1.COc1ccc(C(C)(C)C)cc1.Cc1cc(C(C)(C)C)cc(C)c1O.Cc1cc(C(C)(C)C)ccc1O. The Morgan fingerprint density at radius 2 is 0.731 bits per heavy atom. The van der Waals surface area contributed by atoms with Crippen molar-refractivity contribution in [2.24, 2.45) is 5.11 Å². The van der Waals surface area contributed by atoms with Crippen molar-refractivity contribution in [2.75, 3.05) is 7.11 Å². The molecular weight excluding hydrogens is 982 g/mol. The lowest BCUT2D eigenvalue weighted by Gasteiger charge is -2.20. The van der Waals surface area contributed by atoms with E-state index in [1.807, 2.05) is 93.6 Å². The minimum atomic E-state index is 0. The molecule has 0 aromatic heterocycles. The van der Waals surface area contributed by atoms with E-state index in [-0.39, 0.29) is 77.0 Å². The van der Waals surface area contributed by atoms with Gasteiger partial charge in [0.1, 0.15) is 23.0 Å². The number of nitrogens with zero attached hydrogens (tertiary/aromatic N) is 3. The van der Waals surface area contributed by atoms with Gasteiger partial charge in [-0.1, -0.05) is 271 Å². The van der Waals surface area contributed by atoms with Gasteiger partial charge < -0.3 is 20.1 Å². The molecule has 0 amide bonds. The van der Waals surface area contributed by atoms with Gasteiger partial charge in [-0.3, -0.25) is 0 Å². The van der Waals surface area contributed by atoms with Crippen molar-refractivity contribution in [1.29, 1.82) is 0 Å². The lowest BCUT2D eigenvalue weighted by molar-refractivity contribution is 0.414. The lowest BCUT2D eigenvalue weighted by Crippen LogP contribution is -2.11. The van der Waals surface area contributed by atoms with Gasteiger partial charge >= 0.3 is 0 Å². The molecule has 0 saturated carbocycles. The summed E-state index contributed by atoms with van der Waals surface area (Å²) in [5, 5.41) is 32.4. The van der Waals surface area contributed by atoms with E-state index in [4.69, 9.17) is 21.9 Å². The Bertz CT molecular complexity index is 2580. The third-order valence-corrected chi connectivity index (χ3v) is 11.9. The molecule has 0 saturated heterocycles. The highest BCUT2D eigenvalue weighted by atomic mass is 35.5. The summed E-state index contributed by atoms with van der Waals surface area (Å²) in [6.07, 6.45) is 0. The fourth-order valence-electron chi connectivity index (χ4n) is 6.60. The van der Waals surface area contributed by atoms with Gasteiger partial charge in [0.2, 0.25) is 0 Å². The van der Waals surface area contributed by atoms with Crippen molar-refractivity contribution in [3.63, 3.8) is 0 Å². The van der Waals surface area contributed by atoms with Gasteiger partial charge in [-0.25, -0.2) is 0 Å². The predicted octanol–water partition coefficient (Wildman–Crippen LogP) is 23.4. The quantitative estimate of drug-likeness (QED) is 0.0909. The molecular formula is C70H114ClN3O4. The van der Waals surface area contributed by atoms with Crippen LogP contribution in [0.2, 0.25) is 5.02 Å². The van der Waals surface area contributed by atoms with Crippen LogP contribution in [0, 0.1) is 20.8 Å². The highest BCUT2D eigenvalue weighted by Gasteiger charge is 2.18. The van der Waals surface area contributed by atoms with Crippen LogP contribution in [0.1, 0.15) is 219 Å². The number of aryl methyl sites for hydroxylation is 3. The van der Waals surface area contributed by atoms with Crippen LogP contribution in [-0.2, 0) is 32.5 Å². The predicted molar refractivity (Wildman–Crippen MR) is 351 cm³/mol. The Balaban J connectivity index is -0.000000197. The normalized spacial score (nSPS) is 10.6. The van der Waals surface area contributed by atoms with E-state index < -0.39 is 0 Å². The molecule has 6 rings (SSSR count). The number of phenols is 3. The van der Waals surface area contributed by atoms with Gasteiger partial charge in [-0.15, -0.1) is 0 Å². The first-order chi connectivity index (χ1) is 32.8. The van der Waals surface area contributed by atoms with Gasteiger partial charge in [0, 0.05) is 15.6 Å². The molecule has 6 aromatic carbocycles. The highest BCUT2D eigenvalue weighted by molar-refractivity contribution is 6.30. The number of benzene rings is 6. The largest absolute Gasteiger partial charge is 0.508 e. The van der Waals surface area contributed by atoms with Crippen molar-refractivity contribution in [2.45, 2.75) is 222 Å². The fourth-order valence-corrected chi connectivity index (χ4v) is 6.73. The summed E-state index contributed by atoms with van der Waals surface area (Å²) in [5.41, 5.74) is 20.4. The Kier molecular flexibility index (Phi) is 38.1. The molecule has 0 atom stereocenters. The summed E-state index contributed by atoms with van der Waals surface area (Å²) < 4.78 is 5.08. The molecule has 78 heavy (non-hydrogen) atoms. The number of halogens is 1. The number of phenolic OH excluding ortho intramolecular Hbond substituents is 3. The second-order valence-electron chi connectivity index (χ2n) is 24.5. The maximum absolute atomic E-state index is 9.60. The van der Waals surface area contributed by atoms with Gasteiger partial charge in [0.05, 0.1) is 7.11 Å². The van der Waals surface area contributed by atoms with E-state index in [2.05, 4.69) is 171 Å². The molecule has 440 valence electrons. The van der Waals surface area contributed by atoms with Crippen LogP contribution in [0.4, 0.5) is 5.69 Å². The molecule has 0 heterocycles. The zero-order valence-corrected chi connectivity index (χ0v) is 48.8. The van der Waals surface area contributed by atoms with Crippen LogP contribution in [-0.4, -0.2) is 22.4 Å². The monoisotopic (exact) mass is 1100 g/mol. The number of aromatic hydroxyl groups is 3. The van der Waals surface area contributed by atoms with E-state index in [0.717, 1.165) is 33.0 Å². The van der Waals surface area contributed by atoms with Crippen molar-refractivity contribution >= 4 is 17.3 Å². The molecule has 6 aromatic rings. The van der Waals surface area contributed by atoms with Gasteiger partial charge in [-0.05, 0) is 151 Å². The number of ether oxygens (including phenoxy) is 1. The van der Waals surface area contributed by atoms with E-state index in [1.54, 1.807) is 25.3 Å². The second-order valence-corrected chi connectivity index (χ2v) is 24.9. The molecule has 3 N–H and O–H groups in total. The standard InChI is InChI=1S/C12H18O.2C11H16O.C10H13Cl.C10H13N3.C10H14O.6CH4/c1-8-6-10(12(3,4)5)7-9(2)11(8)13;1-11(2,3)9-5-7-10(12-4)8-6-9;1-8-7-9(11(2,3)4)5-6-10(8)12;1-10(2,3)8-4-6-9(11)7-5-8;1-10(2,3)8-4-6-9(7-5-8)12-13-11;1-10(2,3)8-5-4-6-9(11)7-8;;;;;;/h6-7,13H,1-5H3;5-8H,1-4H3;5-7,12H,1-4H3;4-7H,1-3H3;4-7H,1-3H3;4-7,11H,1-3H3;6*1H4. The number of azide groups is 1. The van der Waals surface area contributed by atoms with Crippen LogP contribution in [0.25, 0.3) is 10.4 Å². The summed E-state index contributed by atoms with van der Waals surface area (Å²) in [7, 11) is 1.69. The first-order valence-electron chi connectivity index (χ1n) is 24.8. The van der Waals surface area contributed by atoms with E-state index in [0.29, 0.717) is 22.9 Å². The zero-order valence-electron chi connectivity index (χ0n) is 48.1. The molecule has 0 spiro atoms. The second kappa shape index (κ2) is 35.6. The topological polar surface area (TPSA) is 119 Å². The van der Waals surface area contributed by atoms with Crippen LogP contribution in [0.3, 0.4) is 0 Å². The number of rotatable bonds is 2. The summed E-state index contributed by atoms with van der Waals surface area (Å²) in [4.78, 5) is 2.72. The van der Waals surface area contributed by atoms with Gasteiger partial charge in [0.25, 0.3) is 0 Å². The van der Waals surface area contributed by atoms with Crippen LogP contribution < -0.4 is 4.74 Å². The van der Waals surface area contributed by atoms with Gasteiger partial charge in [-0.2, -0.15) is 0 Å². The molecule has 0 aliphatic carbocycles. The molecule has 7 nitrogen and oxygen atoms in total. The van der Waals surface area contributed by atoms with Crippen molar-refractivity contribution < 1.29 is 20.1 Å². The summed E-state index contributed by atoms with van der Waals surface area (Å²) in [6.45, 7) is 44.8. The van der Waals surface area contributed by atoms with E-state index >= 15 is 0 Å². The molecule has 0 aliphatic heterocycles. The summed E-state index contributed by atoms with van der Waals surface area (Å²) >= 11 is 5.76. The van der Waals surface area contributed by atoms with Gasteiger partial charge in [0.15, 0.2) is 0 Å². The summed E-state index contributed by atoms with van der Waals surface area (Å²) in [6, 6.07) is 41.2. The number of hydrogen-bond donors (Lipinski definition) is 3. The average Bonchev–Trinajstić information content (AvgIpc) is 3.26. The van der Waals surface area contributed by atoms with Crippen LogP contribution in [0.15, 0.2) is 133 Å². The smallest absolute Gasteiger partial charge is 0.121 e. The fraction of sp³-hybridized carbons (Fsp3) is 0.486. The van der Waals surface area contributed by atoms with Crippen molar-refractivity contribution in [3.8, 4) is 23.0 Å². The Hall–Kier alpha value is -5.88. The molecule has 8 heteroatoms. The zero-order chi connectivity index (χ0) is 55.6. The summed E-state index contributed by atoms with van der Waals surface area (Å²) in [5.74, 6) is 2.07. The average molecular weight is 1100 g/mol.